The summed E-state index contributed by atoms with van der Waals surface area (Å²) >= 11 is 0. The Balaban J connectivity index is 2.05. The maximum atomic E-state index is 2.82. The first-order valence-corrected chi connectivity index (χ1v) is 11.9. The van der Waals surface area contributed by atoms with Crippen molar-refractivity contribution >= 4 is 0 Å². The van der Waals surface area contributed by atoms with E-state index in [0.29, 0.717) is 42.3 Å². The molecule has 4 heteroatoms. The van der Waals surface area contributed by atoms with Crippen LogP contribution >= 0.6 is 0 Å². The Hall–Kier alpha value is -0.160. The summed E-state index contributed by atoms with van der Waals surface area (Å²) in [6.45, 7) is 31.3. The van der Waals surface area contributed by atoms with E-state index in [-0.39, 0.29) is 5.54 Å². The Bertz CT molecular complexity index is 477. The number of hydrogen-bond donors (Lipinski definition) is 0. The van der Waals surface area contributed by atoms with Gasteiger partial charge in [-0.3, -0.25) is 19.6 Å². The molecule has 2 aliphatic heterocycles. The molecule has 0 saturated carbocycles. The zero-order valence-corrected chi connectivity index (χ0v) is 20.9. The number of nitrogens with zero attached hydrogens (tertiary/aromatic N) is 4. The molecule has 4 nitrogen and oxygen atoms in total. The Morgan fingerprint density at radius 3 is 1.68 bits per heavy atom. The zero-order valence-electron chi connectivity index (χ0n) is 20.9. The first-order chi connectivity index (χ1) is 12.9. The average molecular weight is 395 g/mol. The SMILES string of the molecule is CC(C)N1C[C@@H](C)N(C(C)(C)CC(C)N2CCN(C(C)C)[C@@H](C)[C@H]2C)[C@@H](C)C1. The third-order valence-electron chi connectivity index (χ3n) is 7.76. The minimum absolute atomic E-state index is 0.222. The minimum Gasteiger partial charge on any atom is -0.298 e. The number of rotatable bonds is 6. The lowest BCUT2D eigenvalue weighted by atomic mass is 9.87. The molecule has 2 saturated heterocycles. The molecule has 2 aliphatic rings. The molecular formula is C24H50N4. The molecule has 1 unspecified atom stereocenters. The first-order valence-electron chi connectivity index (χ1n) is 11.9. The summed E-state index contributed by atoms with van der Waals surface area (Å²) in [6, 6.07) is 4.38. The van der Waals surface area contributed by atoms with Gasteiger partial charge in [0.15, 0.2) is 0 Å². The Labute approximate surface area is 176 Å². The van der Waals surface area contributed by atoms with E-state index in [0.717, 1.165) is 0 Å². The van der Waals surface area contributed by atoms with E-state index in [4.69, 9.17) is 0 Å². The average Bonchev–Trinajstić information content (AvgIpc) is 2.55. The van der Waals surface area contributed by atoms with Crippen LogP contribution in [0, 0.1) is 0 Å². The van der Waals surface area contributed by atoms with Crippen LogP contribution in [0.4, 0.5) is 0 Å². The normalized spacial score (nSPS) is 33.8. The van der Waals surface area contributed by atoms with Gasteiger partial charge in [-0.05, 0) is 82.6 Å². The molecule has 5 atom stereocenters. The zero-order chi connectivity index (χ0) is 21.4. The Kier molecular flexibility index (Phi) is 8.03. The van der Waals surface area contributed by atoms with Gasteiger partial charge in [0.1, 0.15) is 0 Å². The van der Waals surface area contributed by atoms with Crippen molar-refractivity contribution in [2.45, 2.75) is 130 Å². The van der Waals surface area contributed by atoms with Gasteiger partial charge in [-0.1, -0.05) is 0 Å². The highest BCUT2D eigenvalue weighted by Gasteiger charge is 2.42. The quantitative estimate of drug-likeness (QED) is 0.671. The molecule has 0 N–H and O–H groups in total. The predicted molar refractivity (Wildman–Crippen MR) is 123 cm³/mol. The number of piperazine rings is 2. The molecule has 0 aromatic heterocycles. The lowest BCUT2D eigenvalue weighted by Gasteiger charge is -2.55. The Morgan fingerprint density at radius 1 is 0.750 bits per heavy atom. The standard InChI is InChI=1S/C24H50N4/c1-17(2)25-15-20(6)28(21(7)16-25)24(10,11)14-19(5)27-13-12-26(18(3)4)22(8)23(27)9/h17-23H,12-16H2,1-11H3/t19?,20-,21+,22-,23+/m0/s1. The summed E-state index contributed by atoms with van der Waals surface area (Å²) < 4.78 is 0. The molecule has 0 aliphatic carbocycles. The van der Waals surface area contributed by atoms with Gasteiger partial charge in [-0.15, -0.1) is 0 Å². The van der Waals surface area contributed by atoms with Crippen LogP contribution in [-0.2, 0) is 0 Å². The topological polar surface area (TPSA) is 13.0 Å². The number of hydrogen-bond acceptors (Lipinski definition) is 4. The van der Waals surface area contributed by atoms with Gasteiger partial charge in [0, 0.05) is 74.0 Å². The van der Waals surface area contributed by atoms with Gasteiger partial charge >= 0.3 is 0 Å². The third kappa shape index (κ3) is 5.11. The fourth-order valence-electron chi connectivity index (χ4n) is 6.47. The molecule has 2 heterocycles. The largest absolute Gasteiger partial charge is 0.298 e. The molecule has 2 rings (SSSR count). The molecule has 0 aromatic rings. The molecule has 0 aromatic carbocycles. The summed E-state index contributed by atoms with van der Waals surface area (Å²) in [5.74, 6) is 0. The minimum atomic E-state index is 0.222. The molecule has 28 heavy (non-hydrogen) atoms. The molecule has 0 amide bonds. The van der Waals surface area contributed by atoms with Crippen molar-refractivity contribution in [2.75, 3.05) is 26.2 Å². The van der Waals surface area contributed by atoms with E-state index >= 15 is 0 Å². The van der Waals surface area contributed by atoms with Crippen molar-refractivity contribution in [3.05, 3.63) is 0 Å². The fourth-order valence-corrected chi connectivity index (χ4v) is 6.47. The fraction of sp³-hybridized carbons (Fsp3) is 1.00. The van der Waals surface area contributed by atoms with Gasteiger partial charge in [0.05, 0.1) is 0 Å². The van der Waals surface area contributed by atoms with E-state index in [2.05, 4.69) is 95.8 Å². The van der Waals surface area contributed by atoms with Crippen LogP contribution in [-0.4, -0.2) is 93.6 Å². The van der Waals surface area contributed by atoms with Crippen LogP contribution < -0.4 is 0 Å². The van der Waals surface area contributed by atoms with Gasteiger partial charge in [0.2, 0.25) is 0 Å². The maximum Gasteiger partial charge on any atom is 0.0224 e. The molecule has 0 radical (unpaired) electrons. The molecule has 0 bridgehead atoms. The van der Waals surface area contributed by atoms with Gasteiger partial charge in [-0.2, -0.15) is 0 Å². The lowest BCUT2D eigenvalue weighted by Crippen LogP contribution is -2.66. The van der Waals surface area contributed by atoms with E-state index in [1.165, 1.54) is 32.6 Å². The Morgan fingerprint density at radius 2 is 1.21 bits per heavy atom. The van der Waals surface area contributed by atoms with Crippen molar-refractivity contribution in [1.29, 1.82) is 0 Å². The highest BCUT2D eigenvalue weighted by atomic mass is 15.4. The highest BCUT2D eigenvalue weighted by Crippen LogP contribution is 2.32. The van der Waals surface area contributed by atoms with Gasteiger partial charge in [0.25, 0.3) is 0 Å². The second-order valence-corrected chi connectivity index (χ2v) is 11.1. The van der Waals surface area contributed by atoms with Crippen LogP contribution in [0.2, 0.25) is 0 Å². The van der Waals surface area contributed by atoms with Crippen molar-refractivity contribution in [3.8, 4) is 0 Å². The van der Waals surface area contributed by atoms with Crippen LogP contribution in [0.5, 0.6) is 0 Å². The second-order valence-electron chi connectivity index (χ2n) is 11.1. The third-order valence-corrected chi connectivity index (χ3v) is 7.76. The predicted octanol–water partition coefficient (Wildman–Crippen LogP) is 4.15. The smallest absolute Gasteiger partial charge is 0.0224 e. The maximum absolute atomic E-state index is 2.82. The summed E-state index contributed by atoms with van der Waals surface area (Å²) in [7, 11) is 0. The van der Waals surface area contributed by atoms with Gasteiger partial charge in [-0.25, -0.2) is 0 Å². The van der Waals surface area contributed by atoms with Crippen molar-refractivity contribution in [1.82, 2.24) is 19.6 Å². The monoisotopic (exact) mass is 394 g/mol. The lowest BCUT2D eigenvalue weighted by molar-refractivity contribution is -0.0615. The molecule has 0 spiro atoms. The van der Waals surface area contributed by atoms with E-state index in [1.807, 2.05) is 0 Å². The van der Waals surface area contributed by atoms with Crippen molar-refractivity contribution in [2.24, 2.45) is 0 Å². The molecule has 2 fully saturated rings. The van der Waals surface area contributed by atoms with Crippen LogP contribution in [0.1, 0.15) is 82.6 Å². The van der Waals surface area contributed by atoms with Gasteiger partial charge < -0.3 is 0 Å². The van der Waals surface area contributed by atoms with Crippen LogP contribution in [0.25, 0.3) is 0 Å². The summed E-state index contributed by atoms with van der Waals surface area (Å²) in [5, 5.41) is 0. The van der Waals surface area contributed by atoms with E-state index < -0.39 is 0 Å². The van der Waals surface area contributed by atoms with Crippen LogP contribution in [0.15, 0.2) is 0 Å². The molecular weight excluding hydrogens is 344 g/mol. The van der Waals surface area contributed by atoms with E-state index in [1.54, 1.807) is 0 Å². The van der Waals surface area contributed by atoms with Crippen molar-refractivity contribution < 1.29 is 0 Å². The summed E-state index contributed by atoms with van der Waals surface area (Å²) in [4.78, 5) is 10.9. The second kappa shape index (κ2) is 9.32. The van der Waals surface area contributed by atoms with Crippen LogP contribution in [0.3, 0.4) is 0 Å². The highest BCUT2D eigenvalue weighted by molar-refractivity contribution is 4.98. The summed E-state index contributed by atoms with van der Waals surface area (Å²) in [6.07, 6.45) is 1.24. The molecule has 166 valence electrons. The summed E-state index contributed by atoms with van der Waals surface area (Å²) in [5.41, 5.74) is 0.222. The van der Waals surface area contributed by atoms with E-state index in [9.17, 15) is 0 Å². The first kappa shape index (κ1) is 24.1. The van der Waals surface area contributed by atoms with Crippen molar-refractivity contribution in [3.63, 3.8) is 0 Å².